The minimum Gasteiger partial charge on any atom is -0.507 e. The Morgan fingerprint density at radius 1 is 1.39 bits per heavy atom. The van der Waals surface area contributed by atoms with E-state index in [1.807, 2.05) is 0 Å². The molecule has 2 heterocycles. The van der Waals surface area contributed by atoms with Crippen LogP contribution in [0, 0.1) is 0 Å². The molecular weight excluding hydrogens is 304 g/mol. The van der Waals surface area contributed by atoms with Crippen LogP contribution in [-0.2, 0) is 19.1 Å². The summed E-state index contributed by atoms with van der Waals surface area (Å²) < 4.78 is 15.7. The van der Waals surface area contributed by atoms with E-state index in [4.69, 9.17) is 14.2 Å². The molecule has 0 aromatic heterocycles. The van der Waals surface area contributed by atoms with Crippen molar-refractivity contribution in [2.75, 3.05) is 7.11 Å². The third-order valence-corrected chi connectivity index (χ3v) is 3.95. The lowest BCUT2D eigenvalue weighted by molar-refractivity contribution is -0.174. The van der Waals surface area contributed by atoms with Crippen molar-refractivity contribution in [1.29, 1.82) is 0 Å². The van der Waals surface area contributed by atoms with Crippen molar-refractivity contribution in [3.8, 4) is 11.5 Å². The molecule has 2 aliphatic heterocycles. The Kier molecular flexibility index (Phi) is 3.35. The second-order valence-electron chi connectivity index (χ2n) is 5.44. The summed E-state index contributed by atoms with van der Waals surface area (Å²) in [6, 6.07) is 4.30. The Bertz CT molecular complexity index is 749. The van der Waals surface area contributed by atoms with Gasteiger partial charge < -0.3 is 19.3 Å². The molecule has 0 radical (unpaired) electrons. The van der Waals surface area contributed by atoms with E-state index in [9.17, 15) is 19.5 Å². The average molecular weight is 318 g/mol. The number of carbonyl (C=O) groups is 3. The highest BCUT2D eigenvalue weighted by Gasteiger charge is 2.58. The summed E-state index contributed by atoms with van der Waals surface area (Å²) in [5.41, 5.74) is -1.35. The molecule has 23 heavy (non-hydrogen) atoms. The number of ether oxygens (including phenoxy) is 3. The van der Waals surface area contributed by atoms with E-state index < -0.39 is 35.8 Å². The number of cyclic esters (lactones) is 1. The molecule has 3 rings (SSSR count). The lowest BCUT2D eigenvalue weighted by Gasteiger charge is -2.38. The Hall–Kier alpha value is -2.83. The van der Waals surface area contributed by atoms with E-state index in [0.717, 1.165) is 7.11 Å². The number of aromatic hydroxyl groups is 1. The third-order valence-electron chi connectivity index (χ3n) is 3.95. The lowest BCUT2D eigenvalue weighted by Crippen LogP contribution is -2.58. The van der Waals surface area contributed by atoms with Gasteiger partial charge in [-0.2, -0.15) is 0 Å². The molecule has 2 atom stereocenters. The molecule has 0 saturated heterocycles. The van der Waals surface area contributed by atoms with Gasteiger partial charge in [0.25, 0.3) is 5.60 Å². The molecule has 1 N–H and O–H groups in total. The highest BCUT2D eigenvalue weighted by molar-refractivity contribution is 6.06. The van der Waals surface area contributed by atoms with E-state index in [2.05, 4.69) is 0 Å². The van der Waals surface area contributed by atoms with E-state index >= 15 is 0 Å². The fourth-order valence-electron chi connectivity index (χ4n) is 2.95. The summed E-state index contributed by atoms with van der Waals surface area (Å²) in [6.45, 7) is 1.60. The first kappa shape index (κ1) is 15.1. The van der Waals surface area contributed by atoms with Gasteiger partial charge in [0.2, 0.25) is 0 Å². The largest absolute Gasteiger partial charge is 0.507 e. The van der Waals surface area contributed by atoms with Crippen LogP contribution in [-0.4, -0.2) is 41.6 Å². The number of rotatable bonds is 2. The van der Waals surface area contributed by atoms with Crippen LogP contribution in [0.1, 0.15) is 23.7 Å². The van der Waals surface area contributed by atoms with Crippen LogP contribution in [0.15, 0.2) is 29.8 Å². The Balaban J connectivity index is 2.13. The SMILES string of the molecule is COC(=O)[C@]1([C@@H]2OC(=O)C=C2C)CC(=O)c2c(O)cccc2O1. The van der Waals surface area contributed by atoms with Gasteiger partial charge in [-0.3, -0.25) is 4.79 Å². The zero-order chi connectivity index (χ0) is 16.8. The van der Waals surface area contributed by atoms with Crippen molar-refractivity contribution in [2.24, 2.45) is 0 Å². The van der Waals surface area contributed by atoms with E-state index in [-0.39, 0.29) is 17.1 Å². The van der Waals surface area contributed by atoms with Crippen LogP contribution in [0.25, 0.3) is 0 Å². The zero-order valence-corrected chi connectivity index (χ0v) is 12.5. The maximum absolute atomic E-state index is 12.5. The lowest BCUT2D eigenvalue weighted by atomic mass is 9.82. The summed E-state index contributed by atoms with van der Waals surface area (Å²) in [7, 11) is 1.16. The van der Waals surface area contributed by atoms with Gasteiger partial charge in [-0.15, -0.1) is 0 Å². The fraction of sp³-hybridized carbons (Fsp3) is 0.312. The molecular formula is C16H14O7. The van der Waals surface area contributed by atoms with Crippen LogP contribution in [0.5, 0.6) is 11.5 Å². The van der Waals surface area contributed by atoms with Gasteiger partial charge in [-0.25, -0.2) is 9.59 Å². The second kappa shape index (κ2) is 5.12. The number of hydrogen-bond donors (Lipinski definition) is 1. The standard InChI is InChI=1S/C16H14O7/c1-8-6-12(19)22-14(8)16(15(20)21-2)7-10(18)13-9(17)4-3-5-11(13)23-16/h3-6,14,17H,7H2,1-2H3/t14-,16-/m1/s1. The molecule has 0 unspecified atom stereocenters. The highest BCUT2D eigenvalue weighted by Crippen LogP contribution is 2.43. The van der Waals surface area contributed by atoms with Crippen molar-refractivity contribution in [3.05, 3.63) is 35.4 Å². The summed E-state index contributed by atoms with van der Waals surface area (Å²) in [6.07, 6.45) is -0.240. The molecule has 0 saturated carbocycles. The van der Waals surface area contributed by atoms with Gasteiger partial charge in [0.1, 0.15) is 17.1 Å². The van der Waals surface area contributed by atoms with Gasteiger partial charge in [0.05, 0.1) is 13.5 Å². The number of esters is 2. The molecule has 2 aliphatic rings. The molecule has 0 fully saturated rings. The fourth-order valence-corrected chi connectivity index (χ4v) is 2.95. The van der Waals surface area contributed by atoms with Gasteiger partial charge in [-0.1, -0.05) is 6.07 Å². The molecule has 0 spiro atoms. The first-order valence-electron chi connectivity index (χ1n) is 6.90. The van der Waals surface area contributed by atoms with Gasteiger partial charge in [0.15, 0.2) is 11.9 Å². The Labute approximate surface area is 131 Å². The summed E-state index contributed by atoms with van der Waals surface area (Å²) in [5, 5.41) is 9.84. The quantitative estimate of drug-likeness (QED) is 0.816. The Morgan fingerprint density at radius 2 is 2.13 bits per heavy atom. The monoisotopic (exact) mass is 318 g/mol. The number of hydrogen-bond acceptors (Lipinski definition) is 7. The summed E-state index contributed by atoms with van der Waals surface area (Å²) in [5.74, 6) is -2.13. The van der Waals surface area contributed by atoms with E-state index in [1.54, 1.807) is 6.92 Å². The molecule has 7 heteroatoms. The Morgan fingerprint density at radius 3 is 2.74 bits per heavy atom. The molecule has 0 amide bonds. The minimum absolute atomic E-state index is 0.00187. The highest BCUT2D eigenvalue weighted by atomic mass is 16.6. The van der Waals surface area contributed by atoms with Crippen molar-refractivity contribution in [2.45, 2.75) is 25.0 Å². The predicted molar refractivity (Wildman–Crippen MR) is 76.1 cm³/mol. The van der Waals surface area contributed by atoms with Crippen molar-refractivity contribution in [1.82, 2.24) is 0 Å². The summed E-state index contributed by atoms with van der Waals surface area (Å²) in [4.78, 5) is 36.4. The van der Waals surface area contributed by atoms with Crippen LogP contribution < -0.4 is 4.74 Å². The second-order valence-corrected chi connectivity index (χ2v) is 5.44. The maximum Gasteiger partial charge on any atom is 0.355 e. The smallest absolute Gasteiger partial charge is 0.355 e. The normalized spacial score (nSPS) is 26.0. The number of benzene rings is 1. The number of phenolic OH excluding ortho intramolecular Hbond substituents is 1. The number of fused-ring (bicyclic) bond motifs is 1. The number of ketones is 1. The molecule has 0 bridgehead atoms. The van der Waals surface area contributed by atoms with Crippen LogP contribution in [0.4, 0.5) is 0 Å². The number of carbonyl (C=O) groups excluding carboxylic acids is 3. The number of methoxy groups -OCH3 is 1. The van der Waals surface area contributed by atoms with Crippen molar-refractivity contribution >= 4 is 17.7 Å². The van der Waals surface area contributed by atoms with E-state index in [1.165, 1.54) is 24.3 Å². The number of Topliss-reactive ketones (excluding diaryl/α,β-unsaturated/α-hetero) is 1. The van der Waals surface area contributed by atoms with Gasteiger partial charge in [-0.05, 0) is 24.6 Å². The maximum atomic E-state index is 12.5. The topological polar surface area (TPSA) is 99.1 Å². The molecule has 1 aromatic rings. The third kappa shape index (κ3) is 2.16. The van der Waals surface area contributed by atoms with Crippen LogP contribution in [0.2, 0.25) is 0 Å². The molecule has 1 aromatic carbocycles. The molecule has 0 aliphatic carbocycles. The van der Waals surface area contributed by atoms with Gasteiger partial charge >= 0.3 is 11.9 Å². The summed E-state index contributed by atoms with van der Waals surface area (Å²) >= 11 is 0. The number of phenols is 1. The van der Waals surface area contributed by atoms with Crippen molar-refractivity contribution < 1.29 is 33.7 Å². The molecule has 120 valence electrons. The predicted octanol–water partition coefficient (Wildman–Crippen LogP) is 1.14. The first-order chi connectivity index (χ1) is 10.9. The van der Waals surface area contributed by atoms with Crippen LogP contribution in [0.3, 0.4) is 0 Å². The molecule has 7 nitrogen and oxygen atoms in total. The first-order valence-corrected chi connectivity index (χ1v) is 6.90. The van der Waals surface area contributed by atoms with Crippen LogP contribution >= 0.6 is 0 Å². The average Bonchev–Trinajstić information content (AvgIpc) is 2.85. The zero-order valence-electron chi connectivity index (χ0n) is 12.5. The van der Waals surface area contributed by atoms with E-state index in [0.29, 0.717) is 5.57 Å². The van der Waals surface area contributed by atoms with Gasteiger partial charge in [0, 0.05) is 6.08 Å². The van der Waals surface area contributed by atoms with Crippen molar-refractivity contribution in [3.63, 3.8) is 0 Å². The minimum atomic E-state index is -1.81.